The van der Waals surface area contributed by atoms with Crippen LogP contribution in [0.3, 0.4) is 0 Å². The maximum absolute atomic E-state index is 14.1. The maximum Gasteiger partial charge on any atom is 0.341 e. The van der Waals surface area contributed by atoms with E-state index in [0.29, 0.717) is 16.3 Å². The number of carbonyl (C=O) groups is 3. The third kappa shape index (κ3) is 6.78. The molecule has 0 aliphatic heterocycles. The molecule has 1 aliphatic carbocycles. The molecule has 2 N–H and O–H groups in total. The van der Waals surface area contributed by atoms with Gasteiger partial charge in [-0.2, -0.15) is 0 Å². The number of halogens is 1. The van der Waals surface area contributed by atoms with E-state index in [1.807, 2.05) is 0 Å². The summed E-state index contributed by atoms with van der Waals surface area (Å²) < 4.78 is 20.9. The average molecular weight is 639 g/mol. The van der Waals surface area contributed by atoms with E-state index in [-0.39, 0.29) is 47.0 Å². The van der Waals surface area contributed by atoms with Gasteiger partial charge in [0.05, 0.1) is 35.0 Å². The normalized spacial score (nSPS) is 12.3. The molecule has 12 nitrogen and oxygen atoms in total. The number of thiophene rings is 1. The lowest BCUT2D eigenvalue weighted by atomic mass is 9.95. The van der Waals surface area contributed by atoms with Gasteiger partial charge in [-0.1, -0.05) is 23.9 Å². The van der Waals surface area contributed by atoms with Gasteiger partial charge in [0.2, 0.25) is 5.91 Å². The van der Waals surface area contributed by atoms with E-state index >= 15 is 0 Å². The number of fused-ring (bicyclic) bond motifs is 1. The number of thioether (sulfide) groups is 1. The van der Waals surface area contributed by atoms with Gasteiger partial charge in [-0.15, -0.1) is 21.5 Å². The molecule has 0 saturated heterocycles. The van der Waals surface area contributed by atoms with Crippen LogP contribution < -0.4 is 10.6 Å². The Labute approximate surface area is 259 Å². The second-order valence-electron chi connectivity index (χ2n) is 9.64. The largest absolute Gasteiger partial charge is 0.462 e. The van der Waals surface area contributed by atoms with Crippen LogP contribution in [0, 0.1) is 15.9 Å². The fourth-order valence-electron chi connectivity index (χ4n) is 4.76. The first-order valence-corrected chi connectivity index (χ1v) is 15.5. The fourth-order valence-corrected chi connectivity index (χ4v) is 6.82. The van der Waals surface area contributed by atoms with Crippen molar-refractivity contribution in [1.82, 2.24) is 20.1 Å². The fraction of sp³-hybridized carbons (Fsp3) is 0.276. The number of hydrogen-bond acceptors (Lipinski definition) is 10. The molecule has 44 heavy (non-hydrogen) atoms. The smallest absolute Gasteiger partial charge is 0.341 e. The third-order valence-corrected chi connectivity index (χ3v) is 8.92. The number of amides is 2. The second kappa shape index (κ2) is 13.8. The number of aromatic nitrogens is 3. The summed E-state index contributed by atoms with van der Waals surface area (Å²) >= 11 is 2.44. The molecule has 15 heteroatoms. The quantitative estimate of drug-likeness (QED) is 0.0988. The van der Waals surface area contributed by atoms with E-state index in [1.54, 1.807) is 11.5 Å². The number of non-ortho nitro benzene ring substituents is 1. The number of benzene rings is 2. The zero-order chi connectivity index (χ0) is 31.2. The molecule has 2 heterocycles. The lowest BCUT2D eigenvalue weighted by molar-refractivity contribution is -0.384. The summed E-state index contributed by atoms with van der Waals surface area (Å²) in [4.78, 5) is 50.2. The highest BCUT2D eigenvalue weighted by molar-refractivity contribution is 7.99. The highest BCUT2D eigenvalue weighted by atomic mass is 32.2. The molecule has 0 unspecified atom stereocenters. The first kappa shape index (κ1) is 30.8. The Balaban J connectivity index is 1.35. The van der Waals surface area contributed by atoms with Crippen molar-refractivity contribution in [3.05, 3.63) is 91.9 Å². The standard InChI is InChI=1S/C29H27FN6O6S2/c1-2-42-28(39)25-20-8-4-6-10-22(20)44-27(25)32-24(37)16-43-29-34-33-23(15-31-26(38)19-7-3-5-9-21(19)30)35(29)17-11-13-18(14-12-17)36(40)41/h3,5,7,9,11-14H,2,4,6,8,10,15-16H2,1H3,(H,31,38)(H,32,37). The van der Waals surface area contributed by atoms with E-state index in [2.05, 4.69) is 20.8 Å². The Hall–Kier alpha value is -4.63. The number of rotatable bonds is 11. The van der Waals surface area contributed by atoms with Gasteiger partial charge in [-0.05, 0) is 62.4 Å². The van der Waals surface area contributed by atoms with E-state index in [9.17, 15) is 28.9 Å². The molecule has 0 saturated carbocycles. The van der Waals surface area contributed by atoms with Crippen LogP contribution in [0.5, 0.6) is 0 Å². The Morgan fingerprint density at radius 3 is 2.59 bits per heavy atom. The predicted octanol–water partition coefficient (Wildman–Crippen LogP) is 5.09. The van der Waals surface area contributed by atoms with Crippen LogP contribution in [0.15, 0.2) is 53.7 Å². The predicted molar refractivity (Wildman–Crippen MR) is 162 cm³/mol. The van der Waals surface area contributed by atoms with Gasteiger partial charge in [-0.3, -0.25) is 24.3 Å². The third-order valence-electron chi connectivity index (χ3n) is 6.78. The van der Waals surface area contributed by atoms with Crippen molar-refractivity contribution in [2.45, 2.75) is 44.3 Å². The molecule has 2 amide bonds. The van der Waals surface area contributed by atoms with Crippen molar-refractivity contribution < 1.29 is 28.4 Å². The van der Waals surface area contributed by atoms with Crippen molar-refractivity contribution in [2.75, 3.05) is 17.7 Å². The van der Waals surface area contributed by atoms with Gasteiger partial charge < -0.3 is 15.4 Å². The number of nitro benzene ring substituents is 1. The molecule has 1 aliphatic rings. The monoisotopic (exact) mass is 638 g/mol. The molecule has 2 aromatic carbocycles. The maximum atomic E-state index is 14.1. The van der Waals surface area contributed by atoms with E-state index < -0.39 is 22.6 Å². The molecule has 0 spiro atoms. The number of anilines is 1. The summed E-state index contributed by atoms with van der Waals surface area (Å²) in [7, 11) is 0. The number of aryl methyl sites for hydroxylation is 1. The molecular formula is C29H27FN6O6S2. The van der Waals surface area contributed by atoms with Crippen molar-refractivity contribution in [3.8, 4) is 5.69 Å². The number of nitro groups is 1. The number of ether oxygens (including phenoxy) is 1. The molecule has 228 valence electrons. The van der Waals surface area contributed by atoms with Crippen molar-refractivity contribution in [3.63, 3.8) is 0 Å². The van der Waals surface area contributed by atoms with Gasteiger partial charge in [0.25, 0.3) is 11.6 Å². The van der Waals surface area contributed by atoms with Crippen molar-refractivity contribution in [2.24, 2.45) is 0 Å². The Morgan fingerprint density at radius 1 is 1.11 bits per heavy atom. The van der Waals surface area contributed by atoms with Crippen LogP contribution in [0.4, 0.5) is 15.1 Å². The molecule has 0 bridgehead atoms. The number of nitrogens with one attached hydrogen (secondary N) is 2. The summed E-state index contributed by atoms with van der Waals surface area (Å²) in [5.74, 6) is -2.03. The van der Waals surface area contributed by atoms with Gasteiger partial charge in [-0.25, -0.2) is 9.18 Å². The summed E-state index contributed by atoms with van der Waals surface area (Å²) in [5.41, 5.74) is 1.53. The minimum atomic E-state index is -0.679. The number of hydrogen-bond donors (Lipinski definition) is 2. The van der Waals surface area contributed by atoms with Gasteiger partial charge >= 0.3 is 5.97 Å². The SMILES string of the molecule is CCOC(=O)c1c(NC(=O)CSc2nnc(CNC(=O)c3ccccc3F)n2-c2ccc([N+](=O)[O-])cc2)sc2c1CCCC2. The summed E-state index contributed by atoms with van der Waals surface area (Å²) in [6.07, 6.45) is 3.56. The minimum absolute atomic E-state index is 0.0997. The Morgan fingerprint density at radius 2 is 1.86 bits per heavy atom. The molecule has 0 radical (unpaired) electrons. The molecule has 0 atom stereocenters. The van der Waals surface area contributed by atoms with Crippen molar-refractivity contribution >= 4 is 51.6 Å². The van der Waals surface area contributed by atoms with Crippen LogP contribution in [0.1, 0.15) is 56.7 Å². The topological polar surface area (TPSA) is 158 Å². The lowest BCUT2D eigenvalue weighted by Gasteiger charge is -2.12. The van der Waals surface area contributed by atoms with Gasteiger partial charge in [0.1, 0.15) is 10.8 Å². The van der Waals surface area contributed by atoms with Gasteiger partial charge in [0, 0.05) is 22.7 Å². The molecule has 2 aromatic heterocycles. The highest BCUT2D eigenvalue weighted by Crippen LogP contribution is 2.39. The summed E-state index contributed by atoms with van der Waals surface area (Å²) in [6.45, 7) is 1.80. The van der Waals surface area contributed by atoms with E-state index in [4.69, 9.17) is 4.74 Å². The lowest BCUT2D eigenvalue weighted by Crippen LogP contribution is -2.25. The summed E-state index contributed by atoms with van der Waals surface area (Å²) in [6, 6.07) is 11.2. The first-order valence-electron chi connectivity index (χ1n) is 13.7. The number of nitrogens with zero attached hydrogens (tertiary/aromatic N) is 4. The second-order valence-corrected chi connectivity index (χ2v) is 11.7. The van der Waals surface area contributed by atoms with E-state index in [1.165, 1.54) is 59.9 Å². The zero-order valence-corrected chi connectivity index (χ0v) is 25.1. The first-order chi connectivity index (χ1) is 21.3. The van der Waals surface area contributed by atoms with E-state index in [0.717, 1.165) is 47.9 Å². The zero-order valence-electron chi connectivity index (χ0n) is 23.5. The van der Waals surface area contributed by atoms with Crippen LogP contribution in [0.2, 0.25) is 0 Å². The van der Waals surface area contributed by atoms with Crippen LogP contribution in [0.25, 0.3) is 5.69 Å². The molecule has 4 aromatic rings. The van der Waals surface area contributed by atoms with Crippen LogP contribution >= 0.6 is 23.1 Å². The number of carbonyl (C=O) groups excluding carboxylic acids is 3. The Bertz CT molecular complexity index is 1720. The minimum Gasteiger partial charge on any atom is -0.462 e. The van der Waals surface area contributed by atoms with Crippen LogP contribution in [-0.2, 0) is 28.9 Å². The molecular weight excluding hydrogens is 611 g/mol. The van der Waals surface area contributed by atoms with Crippen molar-refractivity contribution in [1.29, 1.82) is 0 Å². The average Bonchev–Trinajstić information content (AvgIpc) is 3.59. The highest BCUT2D eigenvalue weighted by Gasteiger charge is 2.27. The van der Waals surface area contributed by atoms with Crippen LogP contribution in [-0.4, -0.2) is 49.8 Å². The number of esters is 1. The Kier molecular flexibility index (Phi) is 9.65. The molecule has 5 rings (SSSR count). The molecule has 0 fully saturated rings. The van der Waals surface area contributed by atoms with Gasteiger partial charge in [0.15, 0.2) is 11.0 Å². The summed E-state index contributed by atoms with van der Waals surface area (Å²) in [5, 5.41) is 25.7.